The van der Waals surface area contributed by atoms with Gasteiger partial charge in [0.15, 0.2) is 0 Å². The average molecular weight is 388 g/mol. The number of sulfonamides is 1. The highest BCUT2D eigenvalue weighted by molar-refractivity contribution is 7.89. The van der Waals surface area contributed by atoms with Crippen molar-refractivity contribution in [1.29, 1.82) is 0 Å². The number of hydrogen-bond acceptors (Lipinski definition) is 4. The van der Waals surface area contributed by atoms with Gasteiger partial charge < -0.3 is 9.64 Å². The summed E-state index contributed by atoms with van der Waals surface area (Å²) < 4.78 is 31.4. The van der Waals surface area contributed by atoms with Gasteiger partial charge in [-0.3, -0.25) is 4.79 Å². The van der Waals surface area contributed by atoms with Crippen molar-refractivity contribution in [2.24, 2.45) is 0 Å². The molecule has 0 aromatic heterocycles. The quantitative estimate of drug-likeness (QED) is 0.684. The Labute approximate surface area is 160 Å². The normalized spacial score (nSPS) is 13.7. The van der Waals surface area contributed by atoms with E-state index in [0.717, 1.165) is 17.0 Å². The molecule has 3 rings (SSSR count). The van der Waals surface area contributed by atoms with E-state index in [1.165, 1.54) is 18.4 Å². The van der Waals surface area contributed by atoms with Crippen LogP contribution in [0.5, 0.6) is 5.75 Å². The van der Waals surface area contributed by atoms with Gasteiger partial charge in [0.1, 0.15) is 5.75 Å². The molecule has 0 radical (unpaired) electrons. The number of carbonyl (C=O) groups excluding carboxylic acids is 1. The van der Waals surface area contributed by atoms with Gasteiger partial charge in [0.2, 0.25) is 15.9 Å². The number of carbonyl (C=O) groups is 1. The molecule has 0 saturated carbocycles. The van der Waals surface area contributed by atoms with Crippen LogP contribution in [0.1, 0.15) is 18.4 Å². The first kappa shape index (κ1) is 19.4. The number of benzene rings is 2. The molecule has 6 nitrogen and oxygen atoms in total. The third kappa shape index (κ3) is 4.31. The summed E-state index contributed by atoms with van der Waals surface area (Å²) in [4.78, 5) is 14.6. The van der Waals surface area contributed by atoms with E-state index in [9.17, 15) is 13.2 Å². The minimum atomic E-state index is -3.47. The summed E-state index contributed by atoms with van der Waals surface area (Å²) in [7, 11) is -0.447. The van der Waals surface area contributed by atoms with Crippen LogP contribution >= 0.6 is 0 Å². The van der Waals surface area contributed by atoms with Crippen LogP contribution in [0.25, 0.3) is 0 Å². The Bertz CT molecular complexity index is 911. The Balaban J connectivity index is 1.59. The van der Waals surface area contributed by atoms with E-state index in [2.05, 4.69) is 0 Å². The first-order valence-corrected chi connectivity index (χ1v) is 10.4. The summed E-state index contributed by atoms with van der Waals surface area (Å²) in [5.74, 6) is 0.833. The molecule has 144 valence electrons. The zero-order valence-electron chi connectivity index (χ0n) is 15.6. The maximum Gasteiger partial charge on any atom is 0.242 e. The van der Waals surface area contributed by atoms with Crippen LogP contribution in [0, 0.1) is 0 Å². The number of nitrogens with zero attached hydrogens (tertiary/aromatic N) is 2. The van der Waals surface area contributed by atoms with E-state index in [1.54, 1.807) is 23.1 Å². The fourth-order valence-corrected chi connectivity index (χ4v) is 4.03. The maximum atomic E-state index is 12.6. The number of anilines is 1. The van der Waals surface area contributed by atoms with E-state index in [4.69, 9.17) is 4.74 Å². The monoisotopic (exact) mass is 388 g/mol. The van der Waals surface area contributed by atoms with Gasteiger partial charge in [0.05, 0.1) is 11.5 Å². The SMILES string of the molecule is CN(C)S(=O)(=O)c1ccc2c(c1)CCN2C(=O)CCCOc1ccccc1. The largest absolute Gasteiger partial charge is 0.494 e. The van der Waals surface area contributed by atoms with Gasteiger partial charge in [0, 0.05) is 32.7 Å². The van der Waals surface area contributed by atoms with E-state index in [0.29, 0.717) is 32.4 Å². The maximum absolute atomic E-state index is 12.6. The molecule has 2 aromatic rings. The van der Waals surface area contributed by atoms with Crippen molar-refractivity contribution in [3.05, 3.63) is 54.1 Å². The number of ether oxygens (including phenoxy) is 1. The molecule has 1 aliphatic heterocycles. The second kappa shape index (κ2) is 8.10. The van der Waals surface area contributed by atoms with Gasteiger partial charge in [0.25, 0.3) is 0 Å². The molecule has 0 saturated heterocycles. The summed E-state index contributed by atoms with van der Waals surface area (Å²) in [6.45, 7) is 1.07. The zero-order valence-corrected chi connectivity index (χ0v) is 16.4. The molecule has 27 heavy (non-hydrogen) atoms. The topological polar surface area (TPSA) is 66.9 Å². The second-order valence-corrected chi connectivity index (χ2v) is 8.79. The highest BCUT2D eigenvalue weighted by atomic mass is 32.2. The number of amides is 1. The molecule has 0 fully saturated rings. The summed E-state index contributed by atoms with van der Waals surface area (Å²) in [6, 6.07) is 14.5. The Morgan fingerprint density at radius 2 is 1.89 bits per heavy atom. The molecule has 0 N–H and O–H groups in total. The minimum absolute atomic E-state index is 0.0358. The summed E-state index contributed by atoms with van der Waals surface area (Å²) in [5.41, 5.74) is 1.70. The third-order valence-electron chi connectivity index (χ3n) is 4.57. The van der Waals surface area contributed by atoms with Crippen molar-refractivity contribution in [3.8, 4) is 5.75 Å². The molecule has 0 spiro atoms. The molecule has 1 amide bonds. The zero-order chi connectivity index (χ0) is 19.4. The minimum Gasteiger partial charge on any atom is -0.494 e. The highest BCUT2D eigenvalue weighted by Gasteiger charge is 2.27. The molecule has 0 bridgehead atoms. The Morgan fingerprint density at radius 3 is 2.59 bits per heavy atom. The Kier molecular flexibility index (Phi) is 5.82. The number of hydrogen-bond donors (Lipinski definition) is 0. The van der Waals surface area contributed by atoms with E-state index in [-0.39, 0.29) is 10.8 Å². The number of fused-ring (bicyclic) bond motifs is 1. The molecule has 1 heterocycles. The number of rotatable bonds is 7. The molecular formula is C20H24N2O4S. The van der Waals surface area contributed by atoms with E-state index < -0.39 is 10.0 Å². The van der Waals surface area contributed by atoms with Crippen molar-refractivity contribution >= 4 is 21.6 Å². The van der Waals surface area contributed by atoms with Gasteiger partial charge in [-0.1, -0.05) is 18.2 Å². The third-order valence-corrected chi connectivity index (χ3v) is 6.38. The van der Waals surface area contributed by atoms with Crippen LogP contribution in [0.15, 0.2) is 53.4 Å². The molecule has 0 aliphatic carbocycles. The van der Waals surface area contributed by atoms with Crippen molar-refractivity contribution in [2.75, 3.05) is 32.1 Å². The standard InChI is InChI=1S/C20H24N2O4S/c1-21(2)27(24,25)18-10-11-19-16(15-18)12-13-22(19)20(23)9-6-14-26-17-7-4-3-5-8-17/h3-5,7-8,10-11,15H,6,9,12-14H2,1-2H3. The molecule has 2 aromatic carbocycles. The first-order valence-electron chi connectivity index (χ1n) is 8.93. The first-order chi connectivity index (χ1) is 12.9. The molecule has 7 heteroatoms. The van der Waals surface area contributed by atoms with Crippen LogP contribution in [0.4, 0.5) is 5.69 Å². The van der Waals surface area contributed by atoms with Gasteiger partial charge in [-0.2, -0.15) is 0 Å². The Morgan fingerprint density at radius 1 is 1.15 bits per heavy atom. The van der Waals surface area contributed by atoms with Crippen molar-refractivity contribution < 1.29 is 17.9 Å². The van der Waals surface area contributed by atoms with Crippen LogP contribution < -0.4 is 9.64 Å². The predicted octanol–water partition coefficient (Wildman–Crippen LogP) is 2.69. The van der Waals surface area contributed by atoms with Gasteiger partial charge >= 0.3 is 0 Å². The summed E-state index contributed by atoms with van der Waals surface area (Å²) >= 11 is 0. The lowest BCUT2D eigenvalue weighted by Gasteiger charge is -2.18. The molecule has 0 atom stereocenters. The van der Waals surface area contributed by atoms with Gasteiger partial charge in [-0.15, -0.1) is 0 Å². The van der Waals surface area contributed by atoms with Crippen molar-refractivity contribution in [2.45, 2.75) is 24.2 Å². The van der Waals surface area contributed by atoms with Crippen molar-refractivity contribution in [1.82, 2.24) is 4.31 Å². The van der Waals surface area contributed by atoms with Crippen LogP contribution in [-0.2, 0) is 21.2 Å². The van der Waals surface area contributed by atoms with Gasteiger partial charge in [-0.05, 0) is 48.7 Å². The average Bonchev–Trinajstić information content (AvgIpc) is 3.09. The predicted molar refractivity (Wildman–Crippen MR) is 105 cm³/mol. The fourth-order valence-electron chi connectivity index (χ4n) is 3.07. The van der Waals surface area contributed by atoms with Crippen LogP contribution in [0.3, 0.4) is 0 Å². The highest BCUT2D eigenvalue weighted by Crippen LogP contribution is 2.31. The lowest BCUT2D eigenvalue weighted by molar-refractivity contribution is -0.118. The smallest absolute Gasteiger partial charge is 0.242 e. The van der Waals surface area contributed by atoms with Crippen LogP contribution in [0.2, 0.25) is 0 Å². The number of para-hydroxylation sites is 1. The summed E-state index contributed by atoms with van der Waals surface area (Å²) in [5, 5.41) is 0. The van der Waals surface area contributed by atoms with E-state index in [1.807, 2.05) is 30.3 Å². The van der Waals surface area contributed by atoms with Gasteiger partial charge in [-0.25, -0.2) is 12.7 Å². The van der Waals surface area contributed by atoms with E-state index >= 15 is 0 Å². The Hall–Kier alpha value is -2.38. The fraction of sp³-hybridized carbons (Fsp3) is 0.350. The lowest BCUT2D eigenvalue weighted by Crippen LogP contribution is -2.29. The molecule has 0 unspecified atom stereocenters. The summed E-state index contributed by atoms with van der Waals surface area (Å²) in [6.07, 6.45) is 1.69. The molecule has 1 aliphatic rings. The van der Waals surface area contributed by atoms with Crippen molar-refractivity contribution in [3.63, 3.8) is 0 Å². The molecular weight excluding hydrogens is 364 g/mol. The van der Waals surface area contributed by atoms with Crippen LogP contribution in [-0.4, -0.2) is 45.9 Å². The lowest BCUT2D eigenvalue weighted by atomic mass is 10.2. The second-order valence-electron chi connectivity index (χ2n) is 6.64.